The van der Waals surface area contributed by atoms with Crippen molar-refractivity contribution in [3.63, 3.8) is 0 Å². The molecular weight excluding hydrogens is 214 g/mol. The lowest BCUT2D eigenvalue weighted by Gasteiger charge is -2.22. The second-order valence-electron chi connectivity index (χ2n) is 4.06. The number of aryl methyl sites for hydroxylation is 1. The lowest BCUT2D eigenvalue weighted by molar-refractivity contribution is 0.0603. The standard InChI is InChI=1S/C10H16ClN3O/c1-14-9(7(11)5-13-14)8(12)10(15-2)6-3-4-6/h5-6,8,10H,3-4,12H2,1-2H3. The SMILES string of the molecule is COC(C1CC1)C(N)c1c(Cl)cnn1C. The van der Waals surface area contributed by atoms with E-state index in [1.54, 1.807) is 18.0 Å². The van der Waals surface area contributed by atoms with E-state index in [2.05, 4.69) is 5.10 Å². The van der Waals surface area contributed by atoms with E-state index in [4.69, 9.17) is 22.1 Å². The van der Waals surface area contributed by atoms with Gasteiger partial charge in [0.25, 0.3) is 0 Å². The Morgan fingerprint density at radius 1 is 1.67 bits per heavy atom. The summed E-state index contributed by atoms with van der Waals surface area (Å²) >= 11 is 6.05. The maximum Gasteiger partial charge on any atom is 0.0834 e. The molecule has 4 nitrogen and oxygen atoms in total. The molecule has 1 aliphatic rings. The van der Waals surface area contributed by atoms with Crippen molar-refractivity contribution in [2.24, 2.45) is 18.7 Å². The van der Waals surface area contributed by atoms with Crippen molar-refractivity contribution >= 4 is 11.6 Å². The van der Waals surface area contributed by atoms with Crippen molar-refractivity contribution in [3.8, 4) is 0 Å². The smallest absolute Gasteiger partial charge is 0.0834 e. The van der Waals surface area contributed by atoms with Crippen LogP contribution in [0.4, 0.5) is 0 Å². The number of halogens is 1. The summed E-state index contributed by atoms with van der Waals surface area (Å²) in [6, 6.07) is -0.192. The van der Waals surface area contributed by atoms with Crippen LogP contribution in [0.5, 0.6) is 0 Å². The molecule has 1 fully saturated rings. The maximum atomic E-state index is 6.17. The van der Waals surface area contributed by atoms with Gasteiger partial charge in [-0.15, -0.1) is 0 Å². The third kappa shape index (κ3) is 2.02. The fraction of sp³-hybridized carbons (Fsp3) is 0.700. The van der Waals surface area contributed by atoms with Crippen LogP contribution in [-0.4, -0.2) is 23.0 Å². The zero-order valence-electron chi connectivity index (χ0n) is 8.98. The van der Waals surface area contributed by atoms with Crippen LogP contribution in [0.2, 0.25) is 5.02 Å². The number of hydrogen-bond donors (Lipinski definition) is 1. The van der Waals surface area contributed by atoms with Gasteiger partial charge < -0.3 is 10.5 Å². The van der Waals surface area contributed by atoms with Gasteiger partial charge in [-0.2, -0.15) is 5.10 Å². The van der Waals surface area contributed by atoms with E-state index in [1.165, 1.54) is 12.8 Å². The van der Waals surface area contributed by atoms with E-state index in [0.29, 0.717) is 10.9 Å². The van der Waals surface area contributed by atoms with Crippen molar-refractivity contribution in [3.05, 3.63) is 16.9 Å². The van der Waals surface area contributed by atoms with Gasteiger partial charge in [-0.25, -0.2) is 0 Å². The quantitative estimate of drug-likeness (QED) is 0.852. The summed E-state index contributed by atoms with van der Waals surface area (Å²) in [5.41, 5.74) is 7.02. The maximum absolute atomic E-state index is 6.17. The van der Waals surface area contributed by atoms with E-state index in [9.17, 15) is 0 Å². The number of aromatic nitrogens is 2. The minimum atomic E-state index is -0.192. The molecule has 1 aliphatic carbocycles. The fourth-order valence-corrected chi connectivity index (χ4v) is 2.30. The molecule has 0 bridgehead atoms. The third-order valence-electron chi connectivity index (χ3n) is 2.97. The second kappa shape index (κ2) is 4.12. The summed E-state index contributed by atoms with van der Waals surface area (Å²) in [5, 5.41) is 4.70. The zero-order chi connectivity index (χ0) is 11.0. The van der Waals surface area contributed by atoms with Gasteiger partial charge in [0.2, 0.25) is 0 Å². The Balaban J connectivity index is 2.21. The summed E-state index contributed by atoms with van der Waals surface area (Å²) < 4.78 is 7.17. The molecule has 2 N–H and O–H groups in total. The first-order valence-electron chi connectivity index (χ1n) is 5.11. The Morgan fingerprint density at radius 3 is 2.73 bits per heavy atom. The van der Waals surface area contributed by atoms with Crippen LogP contribution in [0, 0.1) is 5.92 Å². The molecule has 84 valence electrons. The molecule has 0 saturated heterocycles. The van der Waals surface area contributed by atoms with Crippen LogP contribution >= 0.6 is 11.6 Å². The zero-order valence-corrected chi connectivity index (χ0v) is 9.74. The lowest BCUT2D eigenvalue weighted by Crippen LogP contribution is -2.31. The van der Waals surface area contributed by atoms with Gasteiger partial charge in [0.05, 0.1) is 29.1 Å². The normalized spacial score (nSPS) is 20.3. The monoisotopic (exact) mass is 229 g/mol. The predicted molar refractivity (Wildman–Crippen MR) is 58.7 cm³/mol. The van der Waals surface area contributed by atoms with E-state index in [-0.39, 0.29) is 12.1 Å². The molecule has 1 aromatic rings. The summed E-state index contributed by atoms with van der Waals surface area (Å²) in [6.45, 7) is 0. The van der Waals surface area contributed by atoms with Crippen LogP contribution in [-0.2, 0) is 11.8 Å². The molecule has 0 radical (unpaired) electrons. The fourth-order valence-electron chi connectivity index (χ4n) is 2.01. The Morgan fingerprint density at radius 2 is 2.33 bits per heavy atom. The van der Waals surface area contributed by atoms with Gasteiger partial charge in [-0.05, 0) is 18.8 Å². The van der Waals surface area contributed by atoms with Gasteiger partial charge in [0.15, 0.2) is 0 Å². The Kier molecular flexibility index (Phi) is 3.00. The molecule has 1 saturated carbocycles. The first kappa shape index (κ1) is 10.9. The average Bonchev–Trinajstić information content (AvgIpc) is 2.95. The summed E-state index contributed by atoms with van der Waals surface area (Å²) in [6.07, 6.45) is 4.07. The van der Waals surface area contributed by atoms with Crippen molar-refractivity contribution in [1.29, 1.82) is 0 Å². The minimum Gasteiger partial charge on any atom is -0.379 e. The van der Waals surface area contributed by atoms with Crippen molar-refractivity contribution < 1.29 is 4.74 Å². The molecule has 2 atom stereocenters. The summed E-state index contributed by atoms with van der Waals surface area (Å²) in [4.78, 5) is 0. The van der Waals surface area contributed by atoms with Crippen LogP contribution in [0.25, 0.3) is 0 Å². The van der Waals surface area contributed by atoms with Crippen molar-refractivity contribution in [2.75, 3.05) is 7.11 Å². The van der Waals surface area contributed by atoms with E-state index in [1.807, 2.05) is 7.05 Å². The topological polar surface area (TPSA) is 53.1 Å². The Hall–Kier alpha value is -0.580. The highest BCUT2D eigenvalue weighted by Crippen LogP contribution is 2.39. The number of methoxy groups -OCH3 is 1. The van der Waals surface area contributed by atoms with E-state index < -0.39 is 0 Å². The highest BCUT2D eigenvalue weighted by atomic mass is 35.5. The number of rotatable bonds is 4. The van der Waals surface area contributed by atoms with Crippen LogP contribution in [0.1, 0.15) is 24.6 Å². The van der Waals surface area contributed by atoms with Crippen molar-refractivity contribution in [2.45, 2.75) is 25.0 Å². The molecule has 5 heteroatoms. The highest BCUT2D eigenvalue weighted by Gasteiger charge is 2.37. The van der Waals surface area contributed by atoms with Gasteiger partial charge in [0, 0.05) is 14.2 Å². The Labute approximate surface area is 94.3 Å². The second-order valence-corrected chi connectivity index (χ2v) is 4.47. The van der Waals surface area contributed by atoms with Crippen LogP contribution < -0.4 is 5.73 Å². The van der Waals surface area contributed by atoms with Gasteiger partial charge >= 0.3 is 0 Å². The molecule has 1 heterocycles. The lowest BCUT2D eigenvalue weighted by atomic mass is 10.0. The summed E-state index contributed by atoms with van der Waals surface area (Å²) in [5.74, 6) is 0.580. The molecule has 15 heavy (non-hydrogen) atoms. The highest BCUT2D eigenvalue weighted by molar-refractivity contribution is 6.31. The van der Waals surface area contributed by atoms with Gasteiger partial charge in [-0.3, -0.25) is 4.68 Å². The number of ether oxygens (including phenoxy) is 1. The molecule has 0 aliphatic heterocycles. The number of nitrogens with zero attached hydrogens (tertiary/aromatic N) is 2. The van der Waals surface area contributed by atoms with E-state index in [0.717, 1.165) is 5.69 Å². The first-order chi connectivity index (χ1) is 7.15. The third-order valence-corrected chi connectivity index (χ3v) is 3.26. The average molecular weight is 230 g/mol. The van der Waals surface area contributed by atoms with Crippen LogP contribution in [0.3, 0.4) is 0 Å². The van der Waals surface area contributed by atoms with E-state index >= 15 is 0 Å². The molecule has 1 aromatic heterocycles. The molecule has 2 unspecified atom stereocenters. The number of nitrogens with two attached hydrogens (primary N) is 1. The molecule has 2 rings (SSSR count). The molecular formula is C10H16ClN3O. The van der Waals surface area contributed by atoms with Gasteiger partial charge in [0.1, 0.15) is 0 Å². The molecule has 0 aromatic carbocycles. The molecule has 0 amide bonds. The molecule has 0 spiro atoms. The first-order valence-corrected chi connectivity index (χ1v) is 5.48. The van der Waals surface area contributed by atoms with Gasteiger partial charge in [-0.1, -0.05) is 11.6 Å². The summed E-state index contributed by atoms with van der Waals surface area (Å²) in [7, 11) is 3.55. The van der Waals surface area contributed by atoms with Crippen molar-refractivity contribution in [1.82, 2.24) is 9.78 Å². The largest absolute Gasteiger partial charge is 0.379 e. The predicted octanol–water partition coefficient (Wildman–Crippen LogP) is 1.50. The Bertz CT molecular complexity index is 329. The minimum absolute atomic E-state index is 0.0536. The van der Waals surface area contributed by atoms with Crippen LogP contribution in [0.15, 0.2) is 6.20 Å². The number of hydrogen-bond acceptors (Lipinski definition) is 3.